The number of H-pyrrole nitrogens is 1. The number of amides is 3. The monoisotopic (exact) mass is 788 g/mol. The van der Waals surface area contributed by atoms with E-state index < -0.39 is 34.2 Å². The van der Waals surface area contributed by atoms with E-state index in [4.69, 9.17) is 28.2 Å². The van der Waals surface area contributed by atoms with Crippen LogP contribution < -0.4 is 15.5 Å². The van der Waals surface area contributed by atoms with E-state index in [0.717, 1.165) is 22.9 Å². The van der Waals surface area contributed by atoms with Crippen molar-refractivity contribution in [2.45, 2.75) is 62.1 Å². The van der Waals surface area contributed by atoms with Gasteiger partial charge in [0.2, 0.25) is 11.9 Å². The van der Waals surface area contributed by atoms with Gasteiger partial charge in [-0.2, -0.15) is 10.4 Å². The van der Waals surface area contributed by atoms with E-state index in [1.54, 1.807) is 49.8 Å². The first-order valence-electron chi connectivity index (χ1n) is 17.9. The molecule has 4 aromatic heterocycles. The number of carbonyl (C=O) groups is 3. The number of rotatable bonds is 9. The Morgan fingerprint density at radius 3 is 2.36 bits per heavy atom. The van der Waals surface area contributed by atoms with Gasteiger partial charge in [0.1, 0.15) is 16.8 Å². The van der Waals surface area contributed by atoms with E-state index in [-0.39, 0.29) is 39.7 Å². The first kappa shape index (κ1) is 35.5. The Morgan fingerprint density at radius 2 is 1.71 bits per heavy atom. The highest BCUT2D eigenvalue weighted by Gasteiger charge is 2.56. The number of nitrogens with one attached hydrogen (secondary N) is 3. The minimum absolute atomic E-state index is 0.0424. The van der Waals surface area contributed by atoms with E-state index >= 15 is 0 Å². The van der Waals surface area contributed by atoms with Gasteiger partial charge in [-0.3, -0.25) is 24.0 Å². The van der Waals surface area contributed by atoms with Crippen molar-refractivity contribution >= 4 is 63.6 Å². The summed E-state index contributed by atoms with van der Waals surface area (Å²) in [5.41, 5.74) is 1.08. The van der Waals surface area contributed by atoms with Crippen LogP contribution in [-0.4, -0.2) is 53.0 Å². The van der Waals surface area contributed by atoms with Gasteiger partial charge < -0.3 is 10.6 Å². The van der Waals surface area contributed by atoms with Crippen molar-refractivity contribution in [1.82, 2.24) is 40.3 Å². The molecule has 3 aliphatic rings. The lowest BCUT2D eigenvalue weighted by atomic mass is 9.73. The SMILES string of the molecule is C[C@@]1(Cc2ccc(C#N)cc2)C(=O)N(c2cc(Cl)c(F)c(Cl)c2)c2ncc(C(=O)NC3(C(=O)NC4(c5ccc6cc(-c7cn[nH]c7)cnc6n5)CCC4)CC3)n21. The summed E-state index contributed by atoms with van der Waals surface area (Å²) in [5.74, 6) is -2.15. The van der Waals surface area contributed by atoms with Crippen molar-refractivity contribution in [2.24, 2.45) is 0 Å². The molecule has 2 aliphatic carbocycles. The Bertz CT molecular complexity index is 2630. The number of aromatic nitrogens is 6. The number of fused-ring (bicyclic) bond motifs is 2. The number of halogens is 3. The van der Waals surface area contributed by atoms with Crippen molar-refractivity contribution in [3.8, 4) is 17.2 Å². The molecule has 3 N–H and O–H groups in total. The molecule has 1 aliphatic heterocycles. The smallest absolute Gasteiger partial charge is 0.270 e. The highest BCUT2D eigenvalue weighted by atomic mass is 35.5. The quantitative estimate of drug-likeness (QED) is 0.137. The fourth-order valence-corrected chi connectivity index (χ4v) is 8.17. The van der Waals surface area contributed by atoms with E-state index in [9.17, 15) is 24.0 Å². The number of hydrogen-bond donors (Lipinski definition) is 3. The topological polar surface area (TPSA) is 175 Å². The van der Waals surface area contributed by atoms with Gasteiger partial charge in [0.25, 0.3) is 11.8 Å². The predicted octanol–water partition coefficient (Wildman–Crippen LogP) is 6.63. The molecule has 56 heavy (non-hydrogen) atoms. The van der Waals surface area contributed by atoms with Crippen molar-refractivity contribution < 1.29 is 18.8 Å². The molecule has 0 spiro atoms. The molecule has 280 valence electrons. The minimum atomic E-state index is -1.43. The number of aromatic amines is 1. The predicted molar refractivity (Wildman–Crippen MR) is 205 cm³/mol. The molecule has 2 saturated carbocycles. The van der Waals surface area contributed by atoms with Crippen LogP contribution in [0.4, 0.5) is 16.0 Å². The highest BCUT2D eigenvalue weighted by Crippen LogP contribution is 2.46. The number of imidazole rings is 1. The zero-order valence-electron chi connectivity index (χ0n) is 29.7. The molecule has 13 nitrogen and oxygen atoms in total. The molecule has 0 unspecified atom stereocenters. The lowest BCUT2D eigenvalue weighted by molar-refractivity contribution is -0.127. The number of benzene rings is 2. The molecular weight excluding hydrogens is 758 g/mol. The van der Waals surface area contributed by atoms with Crippen LogP contribution in [0.15, 0.2) is 79.4 Å². The third kappa shape index (κ3) is 5.69. The Labute approximate surface area is 328 Å². The van der Waals surface area contributed by atoms with E-state index in [1.165, 1.54) is 27.8 Å². The molecule has 1 atom stereocenters. The molecule has 0 bridgehead atoms. The van der Waals surface area contributed by atoms with Crippen LogP contribution in [0.5, 0.6) is 0 Å². The van der Waals surface area contributed by atoms with Gasteiger partial charge >= 0.3 is 0 Å². The molecule has 9 rings (SSSR count). The molecule has 16 heteroatoms. The van der Waals surface area contributed by atoms with E-state index in [1.807, 2.05) is 18.2 Å². The van der Waals surface area contributed by atoms with Crippen LogP contribution >= 0.6 is 23.2 Å². The van der Waals surface area contributed by atoms with Crippen molar-refractivity contribution in [3.05, 3.63) is 118 Å². The van der Waals surface area contributed by atoms with Crippen LogP contribution in [0.2, 0.25) is 10.0 Å². The number of nitrogens with zero attached hydrogens (tertiary/aromatic N) is 7. The Kier molecular flexibility index (Phi) is 8.22. The standard InChI is InChI=1S/C40H31Cl2FN10O3/c1-38(16-22-3-5-23(17-44)6-4-22)36(56)52(27-14-28(41)32(43)29(42)15-27)37-46-21-30(53(37)38)34(54)50-40(11-12-40)35(55)51-39(9-2-10-39)31-8-7-24-13-25(18-45-33(24)49-31)26-19-47-48-20-26/h3-8,13-15,18-21H,2,9-12,16H2,1H3,(H,47,48)(H,50,54)(H,51,55)/t38-/m1/s1. The molecule has 2 fully saturated rings. The number of pyridine rings is 2. The van der Waals surface area contributed by atoms with Gasteiger partial charge in [0.05, 0.1) is 51.0 Å². The van der Waals surface area contributed by atoms with Gasteiger partial charge in [0.15, 0.2) is 11.5 Å². The lowest BCUT2D eigenvalue weighted by Crippen LogP contribution is -2.58. The summed E-state index contributed by atoms with van der Waals surface area (Å²) in [6, 6.07) is 17.2. The summed E-state index contributed by atoms with van der Waals surface area (Å²) < 4.78 is 16.0. The molecule has 6 aromatic rings. The average molecular weight is 790 g/mol. The average Bonchev–Trinajstić information content (AvgIpc) is 3.47. The van der Waals surface area contributed by atoms with Crippen molar-refractivity contribution in [1.29, 1.82) is 5.26 Å². The largest absolute Gasteiger partial charge is 0.343 e. The normalized spacial score (nSPS) is 18.9. The zero-order chi connectivity index (χ0) is 39.0. The fourth-order valence-electron chi connectivity index (χ4n) is 7.70. The first-order chi connectivity index (χ1) is 26.9. The van der Waals surface area contributed by atoms with Gasteiger partial charge in [-0.1, -0.05) is 35.3 Å². The molecular formula is C40H31Cl2FN10O3. The number of anilines is 2. The lowest BCUT2D eigenvalue weighted by Gasteiger charge is -2.43. The first-order valence-corrected chi connectivity index (χ1v) is 18.7. The van der Waals surface area contributed by atoms with Crippen LogP contribution in [0.3, 0.4) is 0 Å². The second kappa shape index (κ2) is 13.0. The van der Waals surface area contributed by atoms with Gasteiger partial charge in [-0.25, -0.2) is 24.2 Å². The van der Waals surface area contributed by atoms with Crippen LogP contribution in [-0.2, 0) is 27.1 Å². The zero-order valence-corrected chi connectivity index (χ0v) is 31.2. The number of nitriles is 1. The Balaban J connectivity index is 1.01. The second-order valence-corrected chi connectivity index (χ2v) is 15.6. The molecule has 2 aromatic carbocycles. The molecule has 5 heterocycles. The summed E-state index contributed by atoms with van der Waals surface area (Å²) in [6.07, 6.45) is 9.76. The van der Waals surface area contributed by atoms with Crippen LogP contribution in [0, 0.1) is 17.1 Å². The summed E-state index contributed by atoms with van der Waals surface area (Å²) >= 11 is 12.3. The molecule has 0 saturated heterocycles. The van der Waals surface area contributed by atoms with Crippen LogP contribution in [0.1, 0.15) is 66.3 Å². The maximum Gasteiger partial charge on any atom is 0.270 e. The summed E-state index contributed by atoms with van der Waals surface area (Å²) in [7, 11) is 0. The number of carbonyl (C=O) groups excluding carboxylic acids is 3. The van der Waals surface area contributed by atoms with E-state index in [0.29, 0.717) is 48.2 Å². The second-order valence-electron chi connectivity index (χ2n) is 14.8. The molecule has 0 radical (unpaired) electrons. The summed E-state index contributed by atoms with van der Waals surface area (Å²) in [4.78, 5) is 58.1. The van der Waals surface area contributed by atoms with E-state index in [2.05, 4.69) is 36.9 Å². The molecule has 3 amide bonds. The Hall–Kier alpha value is -6.17. The third-order valence-electron chi connectivity index (χ3n) is 11.2. The van der Waals surface area contributed by atoms with Gasteiger partial charge in [0, 0.05) is 35.3 Å². The Morgan fingerprint density at radius 1 is 0.964 bits per heavy atom. The maximum atomic E-state index is 14.5. The summed E-state index contributed by atoms with van der Waals surface area (Å²) in [6.45, 7) is 1.67. The van der Waals surface area contributed by atoms with Crippen molar-refractivity contribution in [3.63, 3.8) is 0 Å². The summed E-state index contributed by atoms with van der Waals surface area (Å²) in [5, 5.41) is 22.6. The minimum Gasteiger partial charge on any atom is -0.343 e. The van der Waals surface area contributed by atoms with Crippen molar-refractivity contribution in [2.75, 3.05) is 4.90 Å². The third-order valence-corrected chi connectivity index (χ3v) is 11.7. The number of hydrogen-bond acceptors (Lipinski definition) is 8. The fraction of sp³-hybridized carbons (Fsp3) is 0.250. The highest BCUT2D eigenvalue weighted by molar-refractivity contribution is 6.35. The maximum absolute atomic E-state index is 14.5. The van der Waals surface area contributed by atoms with Crippen LogP contribution in [0.25, 0.3) is 22.2 Å². The van der Waals surface area contributed by atoms with Gasteiger partial charge in [-0.05, 0) is 87.1 Å². The van der Waals surface area contributed by atoms with Gasteiger partial charge in [-0.15, -0.1) is 0 Å².